The summed E-state index contributed by atoms with van der Waals surface area (Å²) in [6.07, 6.45) is 15.1. The molecule has 0 radical (unpaired) electrons. The van der Waals surface area contributed by atoms with Gasteiger partial charge in [-0.2, -0.15) is 0 Å². The molecule has 0 unspecified atom stereocenters. The average Bonchev–Trinajstić information content (AvgIpc) is 4.00. The number of carbonyl (C=O) groups is 9. The molecule has 4 heterocycles. The molecule has 5 atom stereocenters. The van der Waals surface area contributed by atoms with Crippen molar-refractivity contribution < 1.29 is 48.3 Å². The molecule has 5 N–H and O–H groups in total. The zero-order valence-corrected chi connectivity index (χ0v) is 41.8. The van der Waals surface area contributed by atoms with Gasteiger partial charge in [-0.05, 0) is 88.9 Å². The third-order valence-corrected chi connectivity index (χ3v) is 16.0. The summed E-state index contributed by atoms with van der Waals surface area (Å²) in [5, 5.41) is 22.8. The van der Waals surface area contributed by atoms with Gasteiger partial charge in [-0.3, -0.25) is 33.6 Å². The van der Waals surface area contributed by atoms with E-state index in [0.717, 1.165) is 89.9 Å². The van der Waals surface area contributed by atoms with Crippen molar-refractivity contribution in [3.05, 3.63) is 0 Å². The predicted molar refractivity (Wildman–Crippen MR) is 257 cm³/mol. The van der Waals surface area contributed by atoms with Gasteiger partial charge in [0, 0.05) is 88.6 Å². The number of Topliss-reactive ketones (excluding diaryl/α,β-unsaturated/α-hetero) is 5. The Bertz CT molecular complexity index is 1780. The second-order valence-corrected chi connectivity index (χ2v) is 21.6. The van der Waals surface area contributed by atoms with Crippen LogP contribution >= 0.6 is 0 Å². The highest BCUT2D eigenvalue weighted by Gasteiger charge is 2.46. The monoisotopic (exact) mass is 953 g/mol. The Morgan fingerprint density at radius 2 is 1.00 bits per heavy atom. The first-order valence-electron chi connectivity index (χ1n) is 26.5. The zero-order chi connectivity index (χ0) is 49.4. The molecule has 0 bridgehead atoms. The van der Waals surface area contributed by atoms with Crippen LogP contribution in [0.25, 0.3) is 0 Å². The van der Waals surface area contributed by atoms with E-state index in [2.05, 4.69) is 21.3 Å². The molecule has 0 aromatic carbocycles. The predicted octanol–water partition coefficient (Wildman–Crippen LogP) is 6.13. The molecule has 16 heteroatoms. The maximum Gasteiger partial charge on any atom is 0.318 e. The van der Waals surface area contributed by atoms with Crippen LogP contribution in [0.1, 0.15) is 182 Å². The minimum Gasteiger partial charge on any atom is -0.385 e. The molecule has 2 saturated carbocycles. The molecule has 6 fully saturated rings. The van der Waals surface area contributed by atoms with Crippen LogP contribution in [-0.4, -0.2) is 124 Å². The first-order chi connectivity index (χ1) is 32.5. The number of amides is 6. The van der Waals surface area contributed by atoms with Crippen molar-refractivity contribution in [1.29, 1.82) is 0 Å². The summed E-state index contributed by atoms with van der Waals surface area (Å²) >= 11 is 0. The van der Waals surface area contributed by atoms with Crippen molar-refractivity contribution in [2.75, 3.05) is 39.3 Å². The number of hydrogen-bond donors (Lipinski definition) is 5. The summed E-state index contributed by atoms with van der Waals surface area (Å²) in [5.41, 5.74) is -1.88. The van der Waals surface area contributed by atoms with Gasteiger partial charge in [-0.1, -0.05) is 79.1 Å². The number of aliphatic hydroxyl groups is 1. The van der Waals surface area contributed by atoms with Crippen LogP contribution in [0.5, 0.6) is 0 Å². The summed E-state index contributed by atoms with van der Waals surface area (Å²) in [5.74, 6) is -4.49. The van der Waals surface area contributed by atoms with E-state index < -0.39 is 52.4 Å². The minimum absolute atomic E-state index is 0.00124. The van der Waals surface area contributed by atoms with Crippen LogP contribution in [0.3, 0.4) is 0 Å². The third-order valence-electron chi connectivity index (χ3n) is 16.0. The minimum atomic E-state index is -1.30. The molecular formula is C52H84N6O10. The van der Waals surface area contributed by atoms with E-state index in [1.54, 1.807) is 9.80 Å². The van der Waals surface area contributed by atoms with E-state index in [4.69, 9.17) is 0 Å². The highest BCUT2D eigenvalue weighted by Crippen LogP contribution is 2.36. The summed E-state index contributed by atoms with van der Waals surface area (Å²) in [4.78, 5) is 120. The van der Waals surface area contributed by atoms with E-state index in [0.29, 0.717) is 77.8 Å². The lowest BCUT2D eigenvalue weighted by Gasteiger charge is -2.39. The number of ketones is 5. The molecule has 6 rings (SSSR count). The summed E-state index contributed by atoms with van der Waals surface area (Å²) in [7, 11) is 0. The van der Waals surface area contributed by atoms with Crippen LogP contribution in [0.15, 0.2) is 0 Å². The standard InChI is InChI=1S/C26H43N3O5.C26H41N3O5/c2*1-18(2)20(23(32)21(30)16-19-10-4-7-13-27-24(19)33)17-22(31)26(11-5-3-6-12-26)28-25(34)29-14-8-9-15-29/h18-20,23,32H,3-17H2,1-2H3,(H,27,33)(H,28,34);18-20H,3-17H2,1-2H3,(H,27,33)(H,28,34)/t19-,20+,23-;19-,20+/m11/s1. The second-order valence-electron chi connectivity index (χ2n) is 21.6. The highest BCUT2D eigenvalue weighted by molar-refractivity contribution is 6.38. The fraction of sp³-hybridized carbons (Fsp3) is 0.827. The van der Waals surface area contributed by atoms with Gasteiger partial charge in [0.05, 0.1) is 0 Å². The van der Waals surface area contributed by atoms with Gasteiger partial charge >= 0.3 is 12.1 Å². The number of nitrogens with zero attached hydrogens (tertiary/aromatic N) is 2. The largest absolute Gasteiger partial charge is 0.385 e. The van der Waals surface area contributed by atoms with E-state index in [9.17, 15) is 48.3 Å². The van der Waals surface area contributed by atoms with Crippen molar-refractivity contribution in [1.82, 2.24) is 31.1 Å². The smallest absolute Gasteiger partial charge is 0.318 e. The molecule has 6 aliphatic rings. The maximum absolute atomic E-state index is 13.7. The Hall–Kier alpha value is -4.21. The Kier molecular flexibility index (Phi) is 21.0. The topological polar surface area (TPSA) is 228 Å². The average molecular weight is 953 g/mol. The quantitative estimate of drug-likeness (QED) is 0.0987. The van der Waals surface area contributed by atoms with E-state index in [1.807, 2.05) is 27.7 Å². The molecule has 0 aromatic rings. The van der Waals surface area contributed by atoms with Crippen molar-refractivity contribution >= 4 is 52.8 Å². The van der Waals surface area contributed by atoms with Crippen LogP contribution in [0.2, 0.25) is 0 Å². The lowest BCUT2D eigenvalue weighted by atomic mass is 9.73. The molecule has 382 valence electrons. The van der Waals surface area contributed by atoms with Crippen molar-refractivity contribution in [3.63, 3.8) is 0 Å². The number of aliphatic hydroxyl groups excluding tert-OH is 1. The van der Waals surface area contributed by atoms with E-state index >= 15 is 0 Å². The van der Waals surface area contributed by atoms with Gasteiger partial charge in [-0.25, -0.2) is 9.59 Å². The third kappa shape index (κ3) is 14.9. The van der Waals surface area contributed by atoms with Crippen molar-refractivity contribution in [2.24, 2.45) is 35.5 Å². The first-order valence-corrected chi connectivity index (χ1v) is 26.5. The number of rotatable bonds is 18. The number of carbonyl (C=O) groups excluding carboxylic acids is 9. The van der Waals surface area contributed by atoms with E-state index in [-0.39, 0.29) is 78.7 Å². The molecule has 68 heavy (non-hydrogen) atoms. The molecule has 2 aliphatic carbocycles. The molecule has 4 aliphatic heterocycles. The fourth-order valence-electron chi connectivity index (χ4n) is 11.3. The molecule has 16 nitrogen and oxygen atoms in total. The lowest BCUT2D eigenvalue weighted by molar-refractivity contribution is -0.143. The number of urea groups is 2. The molecule has 6 amide bonds. The maximum atomic E-state index is 13.7. The SMILES string of the molecule is CC(C)[C@H](CC(=O)C1(NC(=O)N2CCCC2)CCCCC1)C(=O)C(=O)C[C@H]1CCCCNC1=O.CC(C)[C@H](CC(=O)C1(NC(=O)N2CCCC2)CCCCC1)[C@@H](O)C(=O)C[C@H]1CCCCNC1=O. The molecule has 4 saturated heterocycles. The second kappa shape index (κ2) is 26.1. The molecule has 0 spiro atoms. The van der Waals surface area contributed by atoms with Crippen molar-refractivity contribution in [3.8, 4) is 0 Å². The molecule has 0 aromatic heterocycles. The molecular weight excluding hydrogens is 869 g/mol. The zero-order valence-electron chi connectivity index (χ0n) is 41.8. The lowest BCUT2D eigenvalue weighted by Crippen LogP contribution is -2.59. The van der Waals surface area contributed by atoms with Gasteiger partial charge in [0.25, 0.3) is 0 Å². The first kappa shape index (κ1) is 54.7. The Balaban J connectivity index is 0.000000254. The van der Waals surface area contributed by atoms with Gasteiger partial charge in [0.15, 0.2) is 23.1 Å². The Morgan fingerprint density at radius 1 is 0.574 bits per heavy atom. The van der Waals surface area contributed by atoms with Gasteiger partial charge in [0.1, 0.15) is 17.2 Å². The summed E-state index contributed by atoms with van der Waals surface area (Å²) < 4.78 is 0. The highest BCUT2D eigenvalue weighted by atomic mass is 16.3. The van der Waals surface area contributed by atoms with Crippen LogP contribution in [0, 0.1) is 35.5 Å². The van der Waals surface area contributed by atoms with Gasteiger partial charge in [-0.15, -0.1) is 0 Å². The van der Waals surface area contributed by atoms with Crippen molar-refractivity contribution in [2.45, 2.75) is 199 Å². The summed E-state index contributed by atoms with van der Waals surface area (Å²) in [6.45, 7) is 11.6. The number of nitrogens with one attached hydrogen (secondary N) is 4. The van der Waals surface area contributed by atoms with Crippen LogP contribution in [-0.2, 0) is 33.6 Å². The fourth-order valence-corrected chi connectivity index (χ4v) is 11.3. The summed E-state index contributed by atoms with van der Waals surface area (Å²) in [6, 6.07) is -0.375. The number of hydrogen-bond acceptors (Lipinski definition) is 10. The Morgan fingerprint density at radius 3 is 1.43 bits per heavy atom. The van der Waals surface area contributed by atoms with Gasteiger partial charge in [0.2, 0.25) is 17.6 Å². The van der Waals surface area contributed by atoms with Crippen LogP contribution < -0.4 is 21.3 Å². The van der Waals surface area contributed by atoms with Gasteiger partial charge < -0.3 is 36.2 Å². The van der Waals surface area contributed by atoms with Crippen LogP contribution in [0.4, 0.5) is 9.59 Å². The normalized spacial score (nSPS) is 24.2. The van der Waals surface area contributed by atoms with E-state index in [1.165, 1.54) is 0 Å². The Labute approximate surface area is 404 Å². The number of likely N-dealkylation sites (tertiary alicyclic amines) is 2.